The third-order valence-corrected chi connectivity index (χ3v) is 4.17. The molecule has 8 nitrogen and oxygen atoms in total. The lowest BCUT2D eigenvalue weighted by atomic mass is 10.4. The molecule has 0 spiro atoms. The number of nitrogens with two attached hydrogens (primary N) is 1. The van der Waals surface area contributed by atoms with Crippen LogP contribution >= 0.6 is 0 Å². The van der Waals surface area contributed by atoms with Crippen molar-refractivity contribution < 1.29 is 22.7 Å². The van der Waals surface area contributed by atoms with Crippen LogP contribution < -0.4 is 15.4 Å². The normalized spacial score (nSPS) is 11.4. The summed E-state index contributed by atoms with van der Waals surface area (Å²) in [7, 11) is -4.06. The predicted octanol–water partition coefficient (Wildman–Crippen LogP) is -0.132. The van der Waals surface area contributed by atoms with Gasteiger partial charge < -0.3 is 15.7 Å². The highest BCUT2D eigenvalue weighted by molar-refractivity contribution is 7.91. The highest BCUT2D eigenvalue weighted by atomic mass is 32.2. The van der Waals surface area contributed by atoms with Gasteiger partial charge in [-0.25, -0.2) is 8.42 Å². The number of ether oxygens (including phenoxy) is 1. The Hall–Kier alpha value is -2.13. The van der Waals surface area contributed by atoms with Crippen molar-refractivity contribution in [2.45, 2.75) is 16.3 Å². The van der Waals surface area contributed by atoms with E-state index in [1.54, 1.807) is 18.2 Å². The molecule has 0 amide bonds. The molecule has 9 heteroatoms. The summed E-state index contributed by atoms with van der Waals surface area (Å²) >= 11 is 0. The molecule has 1 heterocycles. The van der Waals surface area contributed by atoms with Crippen molar-refractivity contribution in [2.75, 3.05) is 13.2 Å². The van der Waals surface area contributed by atoms with E-state index in [4.69, 9.17) is 10.5 Å². The molecule has 0 aliphatic rings. The quantitative estimate of drug-likeness (QED) is 0.582. The number of aromatic nitrogens is 2. The molecule has 2 aromatic rings. The van der Waals surface area contributed by atoms with Gasteiger partial charge in [0, 0.05) is 0 Å². The zero-order valence-corrected chi connectivity index (χ0v) is 11.2. The van der Waals surface area contributed by atoms with Crippen LogP contribution in [0.4, 0.5) is 0 Å². The van der Waals surface area contributed by atoms with Crippen LogP contribution in [0.15, 0.2) is 44.9 Å². The first-order chi connectivity index (χ1) is 9.57. The van der Waals surface area contributed by atoms with Gasteiger partial charge >= 0.3 is 10.9 Å². The Balaban J connectivity index is 2.39. The van der Waals surface area contributed by atoms with E-state index in [1.165, 1.54) is 12.1 Å². The first-order valence-electron chi connectivity index (χ1n) is 5.80. The van der Waals surface area contributed by atoms with Crippen molar-refractivity contribution in [3.05, 3.63) is 35.5 Å². The van der Waals surface area contributed by atoms with Crippen molar-refractivity contribution in [3.63, 3.8) is 0 Å². The van der Waals surface area contributed by atoms with Crippen LogP contribution in [0.3, 0.4) is 0 Å². The summed E-state index contributed by atoms with van der Waals surface area (Å²) in [6.45, 7) is 0.510. The molecule has 2 N–H and O–H groups in total. The topological polar surface area (TPSA) is 122 Å². The van der Waals surface area contributed by atoms with Crippen molar-refractivity contribution in [2.24, 2.45) is 5.73 Å². The number of sulfone groups is 1. The average molecular weight is 299 g/mol. The smallest absolute Gasteiger partial charge is 0.414 e. The highest BCUT2D eigenvalue weighted by Crippen LogP contribution is 2.24. The van der Waals surface area contributed by atoms with E-state index in [0.29, 0.717) is 13.0 Å². The summed E-state index contributed by atoms with van der Waals surface area (Å²) in [4.78, 5) is -0.225. The standard InChI is InChI=1S/C11H13N3O5S/c12-7-4-8-18-10-11(14(15)19-13-10)20(16,17)9-5-2-1-3-6-9/h1-3,5-6H,4,7-8,12H2. The maximum Gasteiger partial charge on any atom is 0.414 e. The first kappa shape index (κ1) is 14.3. The number of benzene rings is 1. The van der Waals surface area contributed by atoms with Gasteiger partial charge in [-0.05, 0) is 30.0 Å². The van der Waals surface area contributed by atoms with Crippen molar-refractivity contribution in [3.8, 4) is 5.88 Å². The average Bonchev–Trinajstić information content (AvgIpc) is 2.82. The van der Waals surface area contributed by atoms with E-state index in [2.05, 4.69) is 9.79 Å². The van der Waals surface area contributed by atoms with Crippen LogP contribution in [0.5, 0.6) is 5.88 Å². The SMILES string of the molecule is NCCCOc1no[n+]([O-])c1S(=O)(=O)c1ccccc1. The second kappa shape index (κ2) is 5.88. The Morgan fingerprint density at radius 2 is 2.05 bits per heavy atom. The highest BCUT2D eigenvalue weighted by Gasteiger charge is 2.35. The molecule has 0 saturated carbocycles. The molecule has 0 atom stereocenters. The predicted molar refractivity (Wildman–Crippen MR) is 66.5 cm³/mol. The van der Waals surface area contributed by atoms with Gasteiger partial charge in [0.15, 0.2) is 0 Å². The van der Waals surface area contributed by atoms with Gasteiger partial charge in [0.1, 0.15) is 0 Å². The minimum Gasteiger partial charge on any atom is -0.454 e. The monoisotopic (exact) mass is 299 g/mol. The molecule has 0 bridgehead atoms. The molecule has 1 aromatic carbocycles. The van der Waals surface area contributed by atoms with Crippen molar-refractivity contribution in [1.29, 1.82) is 0 Å². The fourth-order valence-electron chi connectivity index (χ4n) is 1.49. The molecule has 0 aliphatic heterocycles. The lowest BCUT2D eigenvalue weighted by Gasteiger charge is -2.02. The molecule has 0 aliphatic carbocycles. The Labute approximate surface area is 115 Å². The van der Waals surface area contributed by atoms with Crippen LogP contribution in [0.25, 0.3) is 0 Å². The van der Waals surface area contributed by atoms with Gasteiger partial charge in [-0.2, -0.15) is 0 Å². The lowest BCUT2D eigenvalue weighted by molar-refractivity contribution is -0.832. The van der Waals surface area contributed by atoms with E-state index < -0.39 is 14.9 Å². The summed E-state index contributed by atoms with van der Waals surface area (Å²) in [6.07, 6.45) is 0.497. The summed E-state index contributed by atoms with van der Waals surface area (Å²) in [6, 6.07) is 7.49. The maximum absolute atomic E-state index is 12.3. The number of hydrogen-bond donors (Lipinski definition) is 1. The fourth-order valence-corrected chi connectivity index (χ4v) is 2.79. The van der Waals surface area contributed by atoms with Crippen LogP contribution in [-0.2, 0) is 9.84 Å². The maximum atomic E-state index is 12.3. The minimum absolute atomic E-state index is 0.0449. The van der Waals surface area contributed by atoms with E-state index in [9.17, 15) is 13.6 Å². The van der Waals surface area contributed by atoms with Crippen LogP contribution in [0, 0.1) is 5.21 Å². The van der Waals surface area contributed by atoms with Gasteiger partial charge in [0.05, 0.1) is 16.7 Å². The summed E-state index contributed by atoms with van der Waals surface area (Å²) in [5.41, 5.74) is 5.30. The van der Waals surface area contributed by atoms with E-state index in [-0.39, 0.29) is 22.3 Å². The third-order valence-electron chi connectivity index (χ3n) is 2.44. The number of rotatable bonds is 6. The molecule has 0 saturated heterocycles. The van der Waals surface area contributed by atoms with Crippen LogP contribution in [0.1, 0.15) is 6.42 Å². The number of nitrogens with zero attached hydrogens (tertiary/aromatic N) is 2. The molecule has 20 heavy (non-hydrogen) atoms. The number of hydrogen-bond acceptors (Lipinski definition) is 7. The third kappa shape index (κ3) is 2.73. The molecule has 0 fully saturated rings. The van der Waals surface area contributed by atoms with Crippen LogP contribution in [0.2, 0.25) is 0 Å². The zero-order valence-electron chi connectivity index (χ0n) is 10.4. The van der Waals surface area contributed by atoms with E-state index in [1.807, 2.05) is 0 Å². The summed E-state index contributed by atoms with van der Waals surface area (Å²) < 4.78 is 34.1. The second-order valence-electron chi connectivity index (χ2n) is 3.85. The summed E-state index contributed by atoms with van der Waals surface area (Å²) in [5.74, 6) is -0.364. The second-order valence-corrected chi connectivity index (χ2v) is 5.71. The van der Waals surface area contributed by atoms with Gasteiger partial charge in [-0.1, -0.05) is 18.2 Å². The first-order valence-corrected chi connectivity index (χ1v) is 7.28. The molecular formula is C11H13N3O5S. The molecule has 1 aromatic heterocycles. The van der Waals surface area contributed by atoms with Crippen LogP contribution in [-0.4, -0.2) is 26.7 Å². The van der Waals surface area contributed by atoms with E-state index >= 15 is 0 Å². The molecule has 2 rings (SSSR count). The van der Waals surface area contributed by atoms with Gasteiger partial charge in [-0.15, -0.1) is 0 Å². The fraction of sp³-hybridized carbons (Fsp3) is 0.273. The van der Waals surface area contributed by atoms with Gasteiger partial charge in [-0.3, -0.25) is 4.63 Å². The van der Waals surface area contributed by atoms with Crippen molar-refractivity contribution in [1.82, 2.24) is 5.16 Å². The van der Waals surface area contributed by atoms with Gasteiger partial charge in [0.2, 0.25) is 0 Å². The zero-order chi connectivity index (χ0) is 14.6. The molecular weight excluding hydrogens is 286 g/mol. The lowest BCUT2D eigenvalue weighted by Crippen LogP contribution is -2.31. The Morgan fingerprint density at radius 3 is 2.70 bits per heavy atom. The van der Waals surface area contributed by atoms with E-state index in [0.717, 1.165) is 0 Å². The Kier molecular flexibility index (Phi) is 4.20. The van der Waals surface area contributed by atoms with Gasteiger partial charge in [0.25, 0.3) is 9.84 Å². The molecule has 0 unspecified atom stereocenters. The molecule has 0 radical (unpaired) electrons. The minimum atomic E-state index is -4.06. The summed E-state index contributed by atoms with van der Waals surface area (Å²) in [5, 5.41) is 14.1. The van der Waals surface area contributed by atoms with Crippen molar-refractivity contribution >= 4 is 9.84 Å². The Morgan fingerprint density at radius 1 is 1.35 bits per heavy atom. The largest absolute Gasteiger partial charge is 0.454 e. The Bertz CT molecular complexity index is 669. The molecule has 108 valence electrons.